The zero-order chi connectivity index (χ0) is 10.9. The third-order valence-electron chi connectivity index (χ3n) is 2.01. The number of hydrogen-bond acceptors (Lipinski definition) is 5. The van der Waals surface area contributed by atoms with E-state index in [9.17, 15) is 4.79 Å². The van der Waals surface area contributed by atoms with Crippen LogP contribution in [-0.2, 0) is 14.3 Å². The summed E-state index contributed by atoms with van der Waals surface area (Å²) in [6.07, 6.45) is 0. The van der Waals surface area contributed by atoms with Crippen molar-refractivity contribution in [1.82, 2.24) is 10.6 Å². The Morgan fingerprint density at radius 3 is 3.07 bits per heavy atom. The van der Waals surface area contributed by atoms with E-state index >= 15 is 0 Å². The van der Waals surface area contributed by atoms with Gasteiger partial charge in [-0.25, -0.2) is 0 Å². The highest BCUT2D eigenvalue weighted by Gasteiger charge is 2.21. The van der Waals surface area contributed by atoms with Gasteiger partial charge < -0.3 is 14.8 Å². The van der Waals surface area contributed by atoms with Crippen LogP contribution in [0, 0.1) is 0 Å². The topological polar surface area (TPSA) is 59.6 Å². The van der Waals surface area contributed by atoms with E-state index in [1.807, 2.05) is 0 Å². The molecule has 1 fully saturated rings. The van der Waals surface area contributed by atoms with Crippen LogP contribution in [0.2, 0.25) is 0 Å². The molecule has 0 aliphatic carbocycles. The molecule has 1 rings (SSSR count). The van der Waals surface area contributed by atoms with Gasteiger partial charge in [0.25, 0.3) is 0 Å². The lowest BCUT2D eigenvalue weighted by Crippen LogP contribution is -2.43. The second-order valence-electron chi connectivity index (χ2n) is 3.17. The summed E-state index contributed by atoms with van der Waals surface area (Å²) in [6, 6.07) is -0.0334. The zero-order valence-corrected chi connectivity index (χ0v) is 9.77. The summed E-state index contributed by atoms with van der Waals surface area (Å²) < 4.78 is 10.0. The minimum atomic E-state index is -0.0334. The molecule has 0 radical (unpaired) electrons. The molecule has 1 heterocycles. The lowest BCUT2D eigenvalue weighted by atomic mass is 10.3. The number of rotatable bonds is 7. The van der Waals surface area contributed by atoms with Gasteiger partial charge in [0.1, 0.15) is 0 Å². The van der Waals surface area contributed by atoms with Gasteiger partial charge in [-0.1, -0.05) is 0 Å². The molecule has 6 heteroatoms. The summed E-state index contributed by atoms with van der Waals surface area (Å²) in [5.41, 5.74) is 0. The average molecular weight is 234 g/mol. The van der Waals surface area contributed by atoms with Crippen molar-refractivity contribution < 1.29 is 14.3 Å². The smallest absolute Gasteiger partial charge is 0.238 e. The number of hydrogen-bond donors (Lipinski definition) is 2. The molecule has 2 N–H and O–H groups in total. The molecule has 0 aromatic rings. The SMILES string of the molecule is COCCOCCNC(=O)C1CSCN1. The van der Waals surface area contributed by atoms with Crippen molar-refractivity contribution in [3.63, 3.8) is 0 Å². The highest BCUT2D eigenvalue weighted by molar-refractivity contribution is 7.99. The molecule has 0 bridgehead atoms. The van der Waals surface area contributed by atoms with Crippen molar-refractivity contribution in [1.29, 1.82) is 0 Å². The van der Waals surface area contributed by atoms with Crippen LogP contribution in [0.3, 0.4) is 0 Å². The first-order chi connectivity index (χ1) is 7.34. The largest absolute Gasteiger partial charge is 0.382 e. The van der Waals surface area contributed by atoms with Gasteiger partial charge >= 0.3 is 0 Å². The van der Waals surface area contributed by atoms with Crippen LogP contribution in [0.5, 0.6) is 0 Å². The minimum absolute atomic E-state index is 0.0334. The van der Waals surface area contributed by atoms with Gasteiger partial charge in [-0.05, 0) is 0 Å². The van der Waals surface area contributed by atoms with Crippen molar-refractivity contribution in [3.05, 3.63) is 0 Å². The molecule has 15 heavy (non-hydrogen) atoms. The van der Waals surface area contributed by atoms with E-state index in [1.54, 1.807) is 18.9 Å². The molecule has 0 aromatic heterocycles. The third kappa shape index (κ3) is 5.36. The van der Waals surface area contributed by atoms with E-state index in [0.29, 0.717) is 26.4 Å². The number of thioether (sulfide) groups is 1. The fourth-order valence-electron chi connectivity index (χ4n) is 1.18. The molecule has 1 unspecified atom stereocenters. The van der Waals surface area contributed by atoms with Crippen LogP contribution in [0.15, 0.2) is 0 Å². The highest BCUT2D eigenvalue weighted by atomic mass is 32.2. The number of nitrogens with one attached hydrogen (secondary N) is 2. The maximum absolute atomic E-state index is 11.5. The molecule has 1 atom stereocenters. The second kappa shape index (κ2) is 7.92. The third-order valence-corrected chi connectivity index (χ3v) is 2.95. The van der Waals surface area contributed by atoms with Crippen LogP contribution in [-0.4, -0.2) is 57.1 Å². The fraction of sp³-hybridized carbons (Fsp3) is 0.889. The lowest BCUT2D eigenvalue weighted by molar-refractivity contribution is -0.122. The summed E-state index contributed by atoms with van der Waals surface area (Å²) in [5, 5.41) is 5.93. The molecule has 0 saturated carbocycles. The van der Waals surface area contributed by atoms with Crippen LogP contribution in [0.1, 0.15) is 0 Å². The van der Waals surface area contributed by atoms with E-state index < -0.39 is 0 Å². The molecule has 1 amide bonds. The number of amides is 1. The molecule has 1 aliphatic rings. The summed E-state index contributed by atoms with van der Waals surface area (Å²) in [4.78, 5) is 11.5. The average Bonchev–Trinajstić information content (AvgIpc) is 2.76. The number of carbonyl (C=O) groups is 1. The Kier molecular flexibility index (Phi) is 6.74. The molecule has 5 nitrogen and oxygen atoms in total. The Morgan fingerprint density at radius 1 is 1.53 bits per heavy atom. The second-order valence-corrected chi connectivity index (χ2v) is 4.20. The predicted octanol–water partition coefficient (Wildman–Crippen LogP) is -0.572. The van der Waals surface area contributed by atoms with E-state index in [0.717, 1.165) is 11.6 Å². The molecule has 0 spiro atoms. The molecule has 1 aliphatic heterocycles. The Hall–Kier alpha value is -0.300. The number of carbonyl (C=O) groups excluding carboxylic acids is 1. The minimum Gasteiger partial charge on any atom is -0.382 e. The van der Waals surface area contributed by atoms with Crippen molar-refractivity contribution in [2.45, 2.75) is 6.04 Å². The maximum atomic E-state index is 11.5. The van der Waals surface area contributed by atoms with Crippen LogP contribution in [0.4, 0.5) is 0 Å². The molecule has 0 aromatic carbocycles. The van der Waals surface area contributed by atoms with Gasteiger partial charge in [-0.15, -0.1) is 11.8 Å². The van der Waals surface area contributed by atoms with E-state index in [-0.39, 0.29) is 11.9 Å². The van der Waals surface area contributed by atoms with E-state index in [2.05, 4.69) is 10.6 Å². The highest BCUT2D eigenvalue weighted by Crippen LogP contribution is 2.08. The number of methoxy groups -OCH3 is 1. The van der Waals surface area contributed by atoms with Crippen molar-refractivity contribution in [3.8, 4) is 0 Å². The van der Waals surface area contributed by atoms with Gasteiger partial charge in [0.15, 0.2) is 0 Å². The Labute approximate surface area is 94.3 Å². The molecule has 88 valence electrons. The number of ether oxygens (including phenoxy) is 2. The van der Waals surface area contributed by atoms with Gasteiger partial charge in [0, 0.05) is 25.3 Å². The maximum Gasteiger partial charge on any atom is 0.238 e. The van der Waals surface area contributed by atoms with Crippen LogP contribution < -0.4 is 10.6 Å². The first kappa shape index (κ1) is 12.8. The standard InChI is InChI=1S/C9H18N2O3S/c1-13-4-5-14-3-2-10-9(12)8-6-15-7-11-8/h8,11H,2-7H2,1H3,(H,10,12). The molecular weight excluding hydrogens is 216 g/mol. The van der Waals surface area contributed by atoms with Crippen LogP contribution in [0.25, 0.3) is 0 Å². The lowest BCUT2D eigenvalue weighted by Gasteiger charge is -2.10. The molecular formula is C9H18N2O3S. The van der Waals surface area contributed by atoms with E-state index in [4.69, 9.17) is 9.47 Å². The van der Waals surface area contributed by atoms with Crippen molar-refractivity contribution in [2.75, 3.05) is 45.1 Å². The van der Waals surface area contributed by atoms with E-state index in [1.165, 1.54) is 0 Å². The van der Waals surface area contributed by atoms with Crippen LogP contribution >= 0.6 is 11.8 Å². The van der Waals surface area contributed by atoms with Gasteiger partial charge in [0.2, 0.25) is 5.91 Å². The quantitative estimate of drug-likeness (QED) is 0.578. The Morgan fingerprint density at radius 2 is 2.40 bits per heavy atom. The Balaban J connectivity index is 1.92. The summed E-state index contributed by atoms with van der Waals surface area (Å²) in [6.45, 7) is 2.26. The first-order valence-corrected chi connectivity index (χ1v) is 6.15. The monoisotopic (exact) mass is 234 g/mol. The van der Waals surface area contributed by atoms with Crippen molar-refractivity contribution >= 4 is 17.7 Å². The summed E-state index contributed by atoms with van der Waals surface area (Å²) in [5.74, 6) is 1.79. The van der Waals surface area contributed by atoms with Gasteiger partial charge in [-0.3, -0.25) is 10.1 Å². The normalized spacial score (nSPS) is 20.5. The van der Waals surface area contributed by atoms with Gasteiger partial charge in [0.05, 0.1) is 25.9 Å². The zero-order valence-electron chi connectivity index (χ0n) is 8.95. The Bertz CT molecular complexity index is 186. The predicted molar refractivity (Wildman–Crippen MR) is 60.0 cm³/mol. The summed E-state index contributed by atoms with van der Waals surface area (Å²) >= 11 is 1.74. The van der Waals surface area contributed by atoms with Gasteiger partial charge in [-0.2, -0.15) is 0 Å². The first-order valence-electron chi connectivity index (χ1n) is 5.00. The molecule has 1 saturated heterocycles. The fourth-order valence-corrected chi connectivity index (χ4v) is 2.12. The summed E-state index contributed by atoms with van der Waals surface area (Å²) in [7, 11) is 1.63. The van der Waals surface area contributed by atoms with Crippen molar-refractivity contribution in [2.24, 2.45) is 0 Å².